The van der Waals surface area contributed by atoms with Crippen molar-refractivity contribution in [3.05, 3.63) is 53.6 Å². The Morgan fingerprint density at radius 3 is 2.00 bits per heavy atom. The molecule has 8 heteroatoms. The van der Waals surface area contributed by atoms with Gasteiger partial charge in [0, 0.05) is 16.7 Å². The minimum absolute atomic E-state index is 0. The number of aromatic amines is 1. The van der Waals surface area contributed by atoms with Gasteiger partial charge in [-0.1, -0.05) is 24.3 Å². The fourth-order valence-corrected chi connectivity index (χ4v) is 2.12. The molecule has 0 fully saturated rings. The number of H-pyrrole nitrogens is 1. The van der Waals surface area contributed by atoms with E-state index >= 15 is 0 Å². The van der Waals surface area contributed by atoms with Gasteiger partial charge in [0.15, 0.2) is 0 Å². The first kappa shape index (κ1) is 18.5. The number of amidine groups is 2. The predicted octanol–water partition coefficient (Wildman–Crippen LogP) is 2.64. The second-order valence-electron chi connectivity index (χ2n) is 4.72. The van der Waals surface area contributed by atoms with E-state index in [-0.39, 0.29) is 36.5 Å². The number of halogens is 2. The third kappa shape index (κ3) is 3.61. The van der Waals surface area contributed by atoms with Crippen LogP contribution in [0.3, 0.4) is 0 Å². The molecule has 0 bridgehead atoms. The summed E-state index contributed by atoms with van der Waals surface area (Å²) in [7, 11) is 0. The first-order valence-corrected chi connectivity index (χ1v) is 6.33. The Kier molecular flexibility index (Phi) is 5.73. The molecule has 0 aliphatic carbocycles. The number of nitrogens with zero attached hydrogens (tertiary/aromatic N) is 1. The molecule has 120 valence electrons. The normalized spacial score (nSPS) is 9.74. The molecule has 0 saturated heterocycles. The van der Waals surface area contributed by atoms with E-state index in [0.717, 1.165) is 22.4 Å². The molecule has 1 heterocycles. The second kappa shape index (κ2) is 7.13. The highest BCUT2D eigenvalue weighted by Crippen LogP contribution is 2.21. The fraction of sp³-hybridized carbons (Fsp3) is 0. The van der Waals surface area contributed by atoms with Gasteiger partial charge in [-0.05, 0) is 18.2 Å². The van der Waals surface area contributed by atoms with Gasteiger partial charge in [0.2, 0.25) is 0 Å². The van der Waals surface area contributed by atoms with Gasteiger partial charge in [0.1, 0.15) is 17.5 Å². The Morgan fingerprint density at radius 2 is 1.43 bits per heavy atom. The SMILES string of the molecule is Cl.Cl.N=C(N)c1ccc(-c2nc3ccc(C(=N)N)cc3[nH]2)cc1. The van der Waals surface area contributed by atoms with Gasteiger partial charge < -0.3 is 16.5 Å². The van der Waals surface area contributed by atoms with E-state index in [1.807, 2.05) is 18.2 Å². The van der Waals surface area contributed by atoms with Crippen LogP contribution in [0.1, 0.15) is 11.1 Å². The predicted molar refractivity (Wildman–Crippen MR) is 98.1 cm³/mol. The third-order valence-corrected chi connectivity index (χ3v) is 3.26. The summed E-state index contributed by atoms with van der Waals surface area (Å²) in [6.07, 6.45) is 0. The van der Waals surface area contributed by atoms with Crippen molar-refractivity contribution >= 4 is 47.5 Å². The van der Waals surface area contributed by atoms with Crippen LogP contribution in [0.5, 0.6) is 0 Å². The first-order valence-electron chi connectivity index (χ1n) is 6.33. The number of rotatable bonds is 3. The number of nitrogen functional groups attached to an aromatic ring is 2. The molecule has 0 radical (unpaired) electrons. The number of fused-ring (bicyclic) bond motifs is 1. The van der Waals surface area contributed by atoms with Crippen LogP contribution in [0.2, 0.25) is 0 Å². The lowest BCUT2D eigenvalue weighted by atomic mass is 10.1. The van der Waals surface area contributed by atoms with Crippen molar-refractivity contribution in [3.63, 3.8) is 0 Å². The number of aromatic nitrogens is 2. The number of imidazole rings is 1. The number of nitrogens with one attached hydrogen (secondary N) is 3. The Balaban J connectivity index is 0.00000132. The number of hydrogen-bond donors (Lipinski definition) is 5. The topological polar surface area (TPSA) is 128 Å². The van der Waals surface area contributed by atoms with Gasteiger partial charge in [-0.2, -0.15) is 0 Å². The first-order chi connectivity index (χ1) is 10.0. The van der Waals surface area contributed by atoms with Crippen LogP contribution >= 0.6 is 24.8 Å². The van der Waals surface area contributed by atoms with Crippen molar-refractivity contribution in [2.75, 3.05) is 0 Å². The summed E-state index contributed by atoms with van der Waals surface area (Å²) < 4.78 is 0. The lowest BCUT2D eigenvalue weighted by molar-refractivity contribution is 1.33. The van der Waals surface area contributed by atoms with E-state index in [0.29, 0.717) is 11.1 Å². The van der Waals surface area contributed by atoms with E-state index < -0.39 is 0 Å². The van der Waals surface area contributed by atoms with Crippen LogP contribution in [0, 0.1) is 10.8 Å². The van der Waals surface area contributed by atoms with Gasteiger partial charge in [0.25, 0.3) is 0 Å². The molecule has 0 saturated carbocycles. The molecule has 6 nitrogen and oxygen atoms in total. The molecular weight excluding hydrogens is 335 g/mol. The summed E-state index contributed by atoms with van der Waals surface area (Å²) in [6.45, 7) is 0. The molecule has 3 aromatic rings. The van der Waals surface area contributed by atoms with Gasteiger partial charge in [0.05, 0.1) is 11.0 Å². The maximum absolute atomic E-state index is 7.46. The van der Waals surface area contributed by atoms with Crippen LogP contribution in [0.15, 0.2) is 42.5 Å². The zero-order valence-corrected chi connectivity index (χ0v) is 13.6. The molecule has 7 N–H and O–H groups in total. The smallest absolute Gasteiger partial charge is 0.138 e. The van der Waals surface area contributed by atoms with Crippen molar-refractivity contribution in [1.29, 1.82) is 10.8 Å². The van der Waals surface area contributed by atoms with E-state index in [9.17, 15) is 0 Å². The average Bonchev–Trinajstić information content (AvgIpc) is 2.90. The summed E-state index contributed by atoms with van der Waals surface area (Å²) in [6, 6.07) is 12.7. The molecule has 3 rings (SSSR count). The zero-order chi connectivity index (χ0) is 15.0. The van der Waals surface area contributed by atoms with Crippen LogP contribution in [0.4, 0.5) is 0 Å². The van der Waals surface area contributed by atoms with Crippen molar-refractivity contribution < 1.29 is 0 Å². The second-order valence-corrected chi connectivity index (χ2v) is 4.72. The van der Waals surface area contributed by atoms with E-state index in [2.05, 4.69) is 9.97 Å². The largest absolute Gasteiger partial charge is 0.384 e. The Morgan fingerprint density at radius 1 is 0.870 bits per heavy atom. The molecule has 0 aliphatic heterocycles. The molecule has 23 heavy (non-hydrogen) atoms. The molecule has 0 aliphatic rings. The van der Waals surface area contributed by atoms with Crippen molar-refractivity contribution in [2.24, 2.45) is 11.5 Å². The maximum atomic E-state index is 7.46. The third-order valence-electron chi connectivity index (χ3n) is 3.26. The van der Waals surface area contributed by atoms with Crippen LogP contribution in [0.25, 0.3) is 22.4 Å². The van der Waals surface area contributed by atoms with E-state index in [1.54, 1.807) is 24.3 Å². The summed E-state index contributed by atoms with van der Waals surface area (Å²) in [4.78, 5) is 7.71. The number of nitrogens with two attached hydrogens (primary N) is 2. The monoisotopic (exact) mass is 350 g/mol. The Labute approximate surface area is 145 Å². The summed E-state index contributed by atoms with van der Waals surface area (Å²) in [5.74, 6) is 0.789. The minimum Gasteiger partial charge on any atom is -0.384 e. The molecular formula is C15H16Cl2N6. The van der Waals surface area contributed by atoms with Crippen LogP contribution < -0.4 is 11.5 Å². The van der Waals surface area contributed by atoms with Gasteiger partial charge >= 0.3 is 0 Å². The molecule has 1 aromatic heterocycles. The van der Waals surface area contributed by atoms with E-state index in [4.69, 9.17) is 22.3 Å². The number of benzene rings is 2. The van der Waals surface area contributed by atoms with Crippen molar-refractivity contribution in [3.8, 4) is 11.4 Å². The molecule has 0 amide bonds. The lowest BCUT2D eigenvalue weighted by Gasteiger charge is -1.99. The lowest BCUT2D eigenvalue weighted by Crippen LogP contribution is -2.10. The summed E-state index contributed by atoms with van der Waals surface area (Å²) >= 11 is 0. The minimum atomic E-state index is 0. The highest BCUT2D eigenvalue weighted by atomic mass is 35.5. The van der Waals surface area contributed by atoms with Gasteiger partial charge in [-0.15, -0.1) is 24.8 Å². The van der Waals surface area contributed by atoms with Gasteiger partial charge in [-0.3, -0.25) is 10.8 Å². The Bertz CT molecular complexity index is 854. The average molecular weight is 351 g/mol. The highest BCUT2D eigenvalue weighted by molar-refractivity contribution is 5.98. The molecule has 0 unspecified atom stereocenters. The maximum Gasteiger partial charge on any atom is 0.138 e. The molecule has 2 aromatic carbocycles. The van der Waals surface area contributed by atoms with Crippen LogP contribution in [-0.2, 0) is 0 Å². The number of hydrogen-bond acceptors (Lipinski definition) is 3. The standard InChI is InChI=1S/C15H14N6.2ClH/c16-13(17)8-1-3-9(4-2-8)15-20-11-6-5-10(14(18)19)7-12(11)21-15;;/h1-7H,(H3,16,17)(H3,18,19)(H,20,21);2*1H. The fourth-order valence-electron chi connectivity index (χ4n) is 2.12. The van der Waals surface area contributed by atoms with E-state index in [1.165, 1.54) is 0 Å². The van der Waals surface area contributed by atoms with Crippen molar-refractivity contribution in [2.45, 2.75) is 0 Å². The summed E-state index contributed by atoms with van der Waals surface area (Å²) in [5, 5.41) is 14.8. The summed E-state index contributed by atoms with van der Waals surface area (Å²) in [5.41, 5.74) is 14.8. The van der Waals surface area contributed by atoms with Gasteiger partial charge in [-0.25, -0.2) is 4.98 Å². The quantitative estimate of drug-likeness (QED) is 0.367. The molecule has 0 spiro atoms. The van der Waals surface area contributed by atoms with Crippen molar-refractivity contribution in [1.82, 2.24) is 9.97 Å². The highest BCUT2D eigenvalue weighted by Gasteiger charge is 2.07. The van der Waals surface area contributed by atoms with Crippen LogP contribution in [-0.4, -0.2) is 21.6 Å². The Hall–Kier alpha value is -2.57. The zero-order valence-electron chi connectivity index (χ0n) is 12.0. The molecule has 0 atom stereocenters.